The van der Waals surface area contributed by atoms with Crippen molar-refractivity contribution in [3.63, 3.8) is 0 Å². The molecular weight excluding hydrogens is 254 g/mol. The van der Waals surface area contributed by atoms with Crippen LogP contribution in [0.25, 0.3) is 0 Å². The quantitative estimate of drug-likeness (QED) is 0.894. The molecule has 1 aromatic heterocycles. The maximum Gasteiger partial charge on any atom is 0.0632 e. The van der Waals surface area contributed by atoms with E-state index in [1.54, 1.807) is 0 Å². The zero-order valence-corrected chi connectivity index (χ0v) is 11.5. The Balaban J connectivity index is 2.46. The molecule has 0 saturated carbocycles. The summed E-state index contributed by atoms with van der Waals surface area (Å²) < 4.78 is 3.01. The lowest BCUT2D eigenvalue weighted by Crippen LogP contribution is -2.41. The van der Waals surface area contributed by atoms with Gasteiger partial charge in [0.05, 0.1) is 16.7 Å². The Hall–Kier alpha value is -0.350. The van der Waals surface area contributed by atoms with Crippen LogP contribution in [0.3, 0.4) is 0 Å². The highest BCUT2D eigenvalue weighted by Crippen LogP contribution is 2.13. The van der Waals surface area contributed by atoms with Gasteiger partial charge in [0.15, 0.2) is 0 Å². The van der Waals surface area contributed by atoms with E-state index >= 15 is 0 Å². The fourth-order valence-corrected chi connectivity index (χ4v) is 1.50. The van der Waals surface area contributed by atoms with E-state index in [4.69, 9.17) is 0 Å². The number of nitrogens with one attached hydrogen (secondary N) is 1. The number of hydrogen-bond donors (Lipinski definition) is 1. The van der Waals surface area contributed by atoms with E-state index in [9.17, 15) is 0 Å². The molecule has 0 saturated heterocycles. The Morgan fingerprint density at radius 1 is 1.60 bits per heavy atom. The average molecular weight is 274 g/mol. The minimum Gasteiger partial charge on any atom is -0.310 e. The highest BCUT2D eigenvalue weighted by Gasteiger charge is 2.15. The van der Waals surface area contributed by atoms with Gasteiger partial charge in [-0.3, -0.25) is 4.68 Å². The molecule has 4 heteroatoms. The molecule has 3 nitrogen and oxygen atoms in total. The first-order valence-electron chi connectivity index (χ1n) is 5.39. The number of nitrogens with zero attached hydrogens (tertiary/aromatic N) is 2. The van der Waals surface area contributed by atoms with Gasteiger partial charge in [-0.1, -0.05) is 6.92 Å². The van der Waals surface area contributed by atoms with Crippen molar-refractivity contribution < 1.29 is 0 Å². The number of hydrogen-bond acceptors (Lipinski definition) is 2. The van der Waals surface area contributed by atoms with E-state index in [0.29, 0.717) is 6.04 Å². The van der Waals surface area contributed by atoms with Gasteiger partial charge in [-0.05, 0) is 43.1 Å². The molecule has 1 heterocycles. The standard InChI is InChI=1S/C11H20BrN3/c1-5-11(3,4)13-6-9(2)15-8-10(12)7-14-15/h7-9,13H,5-6H2,1-4H3. The molecule has 1 aromatic rings. The minimum absolute atomic E-state index is 0.207. The normalized spacial score (nSPS) is 14.2. The van der Waals surface area contributed by atoms with Crippen molar-refractivity contribution >= 4 is 15.9 Å². The van der Waals surface area contributed by atoms with Crippen LogP contribution in [0.5, 0.6) is 0 Å². The molecule has 0 bridgehead atoms. The number of halogens is 1. The van der Waals surface area contributed by atoms with Gasteiger partial charge in [-0.2, -0.15) is 5.10 Å². The van der Waals surface area contributed by atoms with Gasteiger partial charge in [0, 0.05) is 18.3 Å². The Kier molecular flexibility index (Phi) is 4.34. The summed E-state index contributed by atoms with van der Waals surface area (Å²) in [5.41, 5.74) is 0.207. The fraction of sp³-hybridized carbons (Fsp3) is 0.727. The molecule has 86 valence electrons. The third-order valence-electron chi connectivity index (χ3n) is 2.78. The Morgan fingerprint density at radius 2 is 2.27 bits per heavy atom. The molecule has 1 atom stereocenters. The van der Waals surface area contributed by atoms with Crippen LogP contribution in [0, 0.1) is 0 Å². The van der Waals surface area contributed by atoms with E-state index < -0.39 is 0 Å². The van der Waals surface area contributed by atoms with Crippen molar-refractivity contribution in [3.8, 4) is 0 Å². The molecule has 0 radical (unpaired) electrons. The third kappa shape index (κ3) is 3.95. The third-order valence-corrected chi connectivity index (χ3v) is 3.19. The zero-order valence-electron chi connectivity index (χ0n) is 9.92. The summed E-state index contributed by atoms with van der Waals surface area (Å²) in [6.45, 7) is 9.74. The summed E-state index contributed by atoms with van der Waals surface area (Å²) in [5.74, 6) is 0. The molecule has 0 fully saturated rings. The van der Waals surface area contributed by atoms with E-state index in [2.05, 4.69) is 54.0 Å². The Morgan fingerprint density at radius 3 is 2.73 bits per heavy atom. The largest absolute Gasteiger partial charge is 0.310 e. The second-order valence-corrected chi connectivity index (χ2v) is 5.52. The first-order chi connectivity index (χ1) is 6.94. The molecule has 1 unspecified atom stereocenters. The summed E-state index contributed by atoms with van der Waals surface area (Å²) in [7, 11) is 0. The summed E-state index contributed by atoms with van der Waals surface area (Å²) >= 11 is 3.40. The first kappa shape index (κ1) is 12.7. The lowest BCUT2D eigenvalue weighted by molar-refractivity contribution is 0.335. The lowest BCUT2D eigenvalue weighted by atomic mass is 10.0. The maximum atomic E-state index is 4.27. The number of aromatic nitrogens is 2. The van der Waals surface area contributed by atoms with Gasteiger partial charge in [0.2, 0.25) is 0 Å². The summed E-state index contributed by atoms with van der Waals surface area (Å²) in [5, 5.41) is 7.81. The highest BCUT2D eigenvalue weighted by molar-refractivity contribution is 9.10. The summed E-state index contributed by atoms with van der Waals surface area (Å²) in [6.07, 6.45) is 4.95. The first-order valence-corrected chi connectivity index (χ1v) is 6.18. The maximum absolute atomic E-state index is 4.27. The van der Waals surface area contributed by atoms with Crippen LogP contribution in [-0.4, -0.2) is 21.9 Å². The molecule has 0 aliphatic heterocycles. The molecule has 0 aliphatic carbocycles. The smallest absolute Gasteiger partial charge is 0.0632 e. The molecule has 0 aliphatic rings. The van der Waals surface area contributed by atoms with Crippen LogP contribution < -0.4 is 5.32 Å². The van der Waals surface area contributed by atoms with Crippen molar-refractivity contribution in [2.24, 2.45) is 0 Å². The fourth-order valence-electron chi connectivity index (χ4n) is 1.20. The highest BCUT2D eigenvalue weighted by atomic mass is 79.9. The van der Waals surface area contributed by atoms with Crippen LogP contribution >= 0.6 is 15.9 Å². The minimum atomic E-state index is 0.207. The second kappa shape index (κ2) is 5.12. The van der Waals surface area contributed by atoms with Crippen LogP contribution in [0.15, 0.2) is 16.9 Å². The van der Waals surface area contributed by atoms with Crippen molar-refractivity contribution in [3.05, 3.63) is 16.9 Å². The summed E-state index contributed by atoms with van der Waals surface area (Å²) in [6, 6.07) is 0.377. The number of rotatable bonds is 5. The van der Waals surface area contributed by atoms with E-state index in [0.717, 1.165) is 17.4 Å². The lowest BCUT2D eigenvalue weighted by Gasteiger charge is -2.26. The van der Waals surface area contributed by atoms with Crippen LogP contribution in [0.1, 0.15) is 40.2 Å². The Labute approximate surface area is 100 Å². The molecule has 0 spiro atoms. The molecular formula is C11H20BrN3. The van der Waals surface area contributed by atoms with Crippen molar-refractivity contribution in [2.75, 3.05) is 6.54 Å². The van der Waals surface area contributed by atoms with Gasteiger partial charge in [0.25, 0.3) is 0 Å². The van der Waals surface area contributed by atoms with E-state index in [1.807, 2.05) is 17.1 Å². The average Bonchev–Trinajstić information content (AvgIpc) is 2.61. The molecule has 15 heavy (non-hydrogen) atoms. The Bertz CT molecular complexity index is 307. The molecule has 0 amide bonds. The van der Waals surface area contributed by atoms with Gasteiger partial charge in [-0.25, -0.2) is 0 Å². The second-order valence-electron chi connectivity index (χ2n) is 4.61. The SMILES string of the molecule is CCC(C)(C)NCC(C)n1cc(Br)cn1. The van der Waals surface area contributed by atoms with Gasteiger partial charge in [0.1, 0.15) is 0 Å². The topological polar surface area (TPSA) is 29.9 Å². The van der Waals surface area contributed by atoms with Crippen LogP contribution in [0.4, 0.5) is 0 Å². The molecule has 1 rings (SSSR count). The monoisotopic (exact) mass is 273 g/mol. The predicted molar refractivity (Wildman–Crippen MR) is 67.0 cm³/mol. The van der Waals surface area contributed by atoms with Gasteiger partial charge >= 0.3 is 0 Å². The van der Waals surface area contributed by atoms with Crippen molar-refractivity contribution in [1.82, 2.24) is 15.1 Å². The van der Waals surface area contributed by atoms with Crippen molar-refractivity contribution in [1.29, 1.82) is 0 Å². The van der Waals surface area contributed by atoms with E-state index in [1.165, 1.54) is 0 Å². The van der Waals surface area contributed by atoms with Crippen LogP contribution in [-0.2, 0) is 0 Å². The molecule has 1 N–H and O–H groups in total. The van der Waals surface area contributed by atoms with Crippen LogP contribution in [0.2, 0.25) is 0 Å². The van der Waals surface area contributed by atoms with E-state index in [-0.39, 0.29) is 5.54 Å². The predicted octanol–water partition coefficient (Wildman–Crippen LogP) is 2.98. The summed E-state index contributed by atoms with van der Waals surface area (Å²) in [4.78, 5) is 0. The zero-order chi connectivity index (χ0) is 11.5. The van der Waals surface area contributed by atoms with Crippen molar-refractivity contribution in [2.45, 2.75) is 45.7 Å². The van der Waals surface area contributed by atoms with Gasteiger partial charge < -0.3 is 5.32 Å². The molecule has 0 aromatic carbocycles. The van der Waals surface area contributed by atoms with Gasteiger partial charge in [-0.15, -0.1) is 0 Å².